The van der Waals surface area contributed by atoms with Crippen LogP contribution in [0.4, 0.5) is 0 Å². The fourth-order valence-corrected chi connectivity index (χ4v) is 1.35. The average Bonchev–Trinajstić information content (AvgIpc) is 2.24. The third kappa shape index (κ3) is 6.47. The van der Waals surface area contributed by atoms with Gasteiger partial charge in [0.05, 0.1) is 7.11 Å². The van der Waals surface area contributed by atoms with Gasteiger partial charge in [0.15, 0.2) is 11.5 Å². The Kier molecular flexibility index (Phi) is 8.33. The van der Waals surface area contributed by atoms with E-state index in [0.717, 1.165) is 5.56 Å². The number of rotatable bonds is 3. The number of hydrogen-bond acceptors (Lipinski definition) is 4. The Balaban J connectivity index is 0.000000336. The summed E-state index contributed by atoms with van der Waals surface area (Å²) in [5, 5.41) is 9.11. The minimum atomic E-state index is 0.0247. The van der Waals surface area contributed by atoms with E-state index in [1.54, 1.807) is 12.1 Å². The van der Waals surface area contributed by atoms with Crippen molar-refractivity contribution in [2.75, 3.05) is 7.11 Å². The number of phenolic OH excluding ortho intramolecular Hbond substituents is 1. The lowest BCUT2D eigenvalue weighted by Gasteiger charge is -2.02. The molecule has 1 aromatic rings. The summed E-state index contributed by atoms with van der Waals surface area (Å²) in [7, 11) is 6.97. The van der Waals surface area contributed by atoms with Crippen molar-refractivity contribution in [3.63, 3.8) is 0 Å². The SMILES string of the molecule is COc1cc(C)ccc1O.[Si]O[Si]O[Si]. The van der Waals surface area contributed by atoms with Crippen LogP contribution in [0.15, 0.2) is 18.2 Å². The number of benzene rings is 1. The minimum absolute atomic E-state index is 0.0247. The predicted octanol–water partition coefficient (Wildman–Crippen LogP) is 0.430. The molecule has 0 amide bonds. The van der Waals surface area contributed by atoms with Crippen LogP contribution in [0.3, 0.4) is 0 Å². The molecule has 1 rings (SSSR count). The standard InChI is InChI=1S/C8H10O2.O2Si3/c1-6-3-4-7(9)8(5-6)10-2;3-1-5-2-4/h3-5,9H,1-2H3;. The largest absolute Gasteiger partial charge is 0.504 e. The smallest absolute Gasteiger partial charge is 0.409 e. The first-order valence-corrected chi connectivity index (χ1v) is 5.52. The molecular weight excluding hydrogens is 244 g/mol. The molecular formula is C8H10O4Si3. The van der Waals surface area contributed by atoms with Crippen LogP contribution in [0.2, 0.25) is 0 Å². The number of phenols is 1. The van der Waals surface area contributed by atoms with E-state index in [1.165, 1.54) is 7.11 Å². The molecule has 0 heterocycles. The maximum absolute atomic E-state index is 9.11. The number of hydrogen-bond donors (Lipinski definition) is 1. The number of aromatic hydroxyl groups is 1. The molecule has 78 valence electrons. The van der Waals surface area contributed by atoms with Gasteiger partial charge in [-0.3, -0.25) is 0 Å². The zero-order valence-electron chi connectivity index (χ0n) is 8.40. The lowest BCUT2D eigenvalue weighted by Crippen LogP contribution is -1.96. The van der Waals surface area contributed by atoms with Crippen molar-refractivity contribution in [1.29, 1.82) is 0 Å². The predicted molar refractivity (Wildman–Crippen MR) is 58.8 cm³/mol. The second kappa shape index (κ2) is 8.68. The topological polar surface area (TPSA) is 47.9 Å². The van der Waals surface area contributed by atoms with Crippen LogP contribution >= 0.6 is 0 Å². The van der Waals surface area contributed by atoms with Gasteiger partial charge in [-0.2, -0.15) is 0 Å². The number of ether oxygens (including phenoxy) is 1. The van der Waals surface area contributed by atoms with Crippen molar-refractivity contribution in [1.82, 2.24) is 0 Å². The molecule has 0 aliphatic heterocycles. The summed E-state index contributed by atoms with van der Waals surface area (Å²) in [4.78, 5) is 0. The minimum Gasteiger partial charge on any atom is -0.504 e. The Morgan fingerprint density at radius 2 is 1.87 bits per heavy atom. The molecule has 0 fully saturated rings. The Labute approximate surface area is 98.7 Å². The highest BCUT2D eigenvalue weighted by molar-refractivity contribution is 6.33. The van der Waals surface area contributed by atoms with Crippen molar-refractivity contribution in [2.24, 2.45) is 0 Å². The third-order valence-corrected chi connectivity index (χ3v) is 2.09. The molecule has 8 radical (unpaired) electrons. The van der Waals surface area contributed by atoms with Crippen LogP contribution in [-0.4, -0.2) is 43.2 Å². The first-order chi connectivity index (χ1) is 7.15. The summed E-state index contributed by atoms with van der Waals surface area (Å²) < 4.78 is 13.4. The zero-order valence-corrected chi connectivity index (χ0v) is 11.4. The van der Waals surface area contributed by atoms with Gasteiger partial charge in [0.2, 0.25) is 21.0 Å². The van der Waals surface area contributed by atoms with Gasteiger partial charge in [-0.05, 0) is 24.6 Å². The average molecular weight is 254 g/mol. The van der Waals surface area contributed by atoms with E-state index in [-0.39, 0.29) is 15.8 Å². The number of aryl methyl sites for hydroxylation is 1. The van der Waals surface area contributed by atoms with Crippen LogP contribution in [0.25, 0.3) is 0 Å². The van der Waals surface area contributed by atoms with Gasteiger partial charge in [-0.25, -0.2) is 0 Å². The van der Waals surface area contributed by atoms with E-state index in [4.69, 9.17) is 9.84 Å². The molecule has 0 bridgehead atoms. The van der Waals surface area contributed by atoms with E-state index < -0.39 is 0 Å². The van der Waals surface area contributed by atoms with Gasteiger partial charge in [-0.1, -0.05) is 6.07 Å². The van der Waals surface area contributed by atoms with Crippen molar-refractivity contribution in [2.45, 2.75) is 6.92 Å². The highest BCUT2D eigenvalue weighted by Gasteiger charge is 1.97. The van der Waals surface area contributed by atoms with Crippen LogP contribution in [0.1, 0.15) is 5.56 Å². The van der Waals surface area contributed by atoms with E-state index >= 15 is 0 Å². The number of methoxy groups -OCH3 is 1. The lowest BCUT2D eigenvalue weighted by molar-refractivity contribution is 0.373. The molecule has 1 N–H and O–H groups in total. The molecule has 1 aromatic carbocycles. The molecule has 15 heavy (non-hydrogen) atoms. The molecule has 4 nitrogen and oxygen atoms in total. The van der Waals surface area contributed by atoms with E-state index in [0.29, 0.717) is 5.75 Å². The fourth-order valence-electron chi connectivity index (χ4n) is 0.806. The Morgan fingerprint density at radius 1 is 1.27 bits per heavy atom. The van der Waals surface area contributed by atoms with E-state index in [1.807, 2.05) is 13.0 Å². The molecule has 0 saturated carbocycles. The van der Waals surface area contributed by atoms with Crippen LogP contribution < -0.4 is 4.74 Å². The normalized spacial score (nSPS) is 9.07. The summed E-state index contributed by atoms with van der Waals surface area (Å²) in [5.74, 6) is 0.716. The first kappa shape index (κ1) is 14.4. The van der Waals surface area contributed by atoms with Crippen LogP contribution in [-0.2, 0) is 8.23 Å². The van der Waals surface area contributed by atoms with Gasteiger partial charge < -0.3 is 18.1 Å². The molecule has 0 aliphatic carbocycles. The monoisotopic (exact) mass is 254 g/mol. The van der Waals surface area contributed by atoms with Gasteiger partial charge >= 0.3 is 10.0 Å². The first-order valence-electron chi connectivity index (χ1n) is 3.89. The summed E-state index contributed by atoms with van der Waals surface area (Å²) in [6.45, 7) is 1.95. The Hall–Kier alpha value is -0.609. The van der Waals surface area contributed by atoms with Crippen molar-refractivity contribution in [3.05, 3.63) is 23.8 Å². The van der Waals surface area contributed by atoms with Gasteiger partial charge in [-0.15, -0.1) is 0 Å². The van der Waals surface area contributed by atoms with Gasteiger partial charge in [0, 0.05) is 0 Å². The molecule has 0 spiro atoms. The lowest BCUT2D eigenvalue weighted by atomic mass is 10.2. The second-order valence-corrected chi connectivity index (χ2v) is 4.26. The molecule has 0 aliphatic rings. The molecule has 0 saturated heterocycles. The Bertz CT molecular complexity index is 281. The maximum atomic E-state index is 9.11. The van der Waals surface area contributed by atoms with E-state index in [2.05, 4.69) is 29.2 Å². The molecule has 0 unspecified atom stereocenters. The van der Waals surface area contributed by atoms with Gasteiger partial charge in [0.25, 0.3) is 0 Å². The highest BCUT2D eigenvalue weighted by atomic mass is 28.3. The van der Waals surface area contributed by atoms with Crippen molar-refractivity contribution in [3.8, 4) is 11.5 Å². The zero-order chi connectivity index (χ0) is 11.7. The third-order valence-electron chi connectivity index (χ3n) is 1.42. The summed E-state index contributed by atoms with van der Waals surface area (Å²) >= 11 is 0. The molecule has 7 heteroatoms. The van der Waals surface area contributed by atoms with Gasteiger partial charge in [0.1, 0.15) is 0 Å². The second-order valence-electron chi connectivity index (χ2n) is 2.46. The van der Waals surface area contributed by atoms with E-state index in [9.17, 15) is 0 Å². The van der Waals surface area contributed by atoms with Crippen molar-refractivity contribution < 1.29 is 18.1 Å². The molecule has 0 atom stereocenters. The van der Waals surface area contributed by atoms with Crippen LogP contribution in [0, 0.1) is 6.92 Å². The van der Waals surface area contributed by atoms with Crippen LogP contribution in [0.5, 0.6) is 11.5 Å². The van der Waals surface area contributed by atoms with Crippen molar-refractivity contribution >= 4 is 31.0 Å². The quantitative estimate of drug-likeness (QED) is 0.795. The summed E-state index contributed by atoms with van der Waals surface area (Å²) in [6.07, 6.45) is 0. The highest BCUT2D eigenvalue weighted by Crippen LogP contribution is 2.25. The maximum Gasteiger partial charge on any atom is 0.409 e. The Morgan fingerprint density at radius 3 is 2.20 bits per heavy atom. The molecule has 0 aromatic heterocycles. The summed E-state index contributed by atoms with van der Waals surface area (Å²) in [5.41, 5.74) is 1.08. The fraction of sp³-hybridized carbons (Fsp3) is 0.250. The summed E-state index contributed by atoms with van der Waals surface area (Å²) in [6, 6.07) is 5.24.